The maximum Gasteiger partial charge on any atom is 0.240 e. The van der Waals surface area contributed by atoms with Gasteiger partial charge in [0.15, 0.2) is 0 Å². The number of benzene rings is 1. The van der Waals surface area contributed by atoms with E-state index in [9.17, 15) is 8.42 Å². The Kier molecular flexibility index (Phi) is 4.79. The zero-order chi connectivity index (χ0) is 13.7. The summed E-state index contributed by atoms with van der Waals surface area (Å²) < 4.78 is 26.1. The van der Waals surface area contributed by atoms with Crippen LogP contribution in [0.2, 0.25) is 0 Å². The van der Waals surface area contributed by atoms with Crippen molar-refractivity contribution in [3.05, 3.63) is 24.3 Å². The van der Waals surface area contributed by atoms with E-state index in [2.05, 4.69) is 15.2 Å². The van der Waals surface area contributed by atoms with Crippen LogP contribution in [0.1, 0.15) is 26.2 Å². The molecule has 6 heteroatoms. The Morgan fingerprint density at radius 2 is 1.74 bits per heavy atom. The van der Waals surface area contributed by atoms with E-state index in [0.717, 1.165) is 18.8 Å². The molecule has 0 bridgehead atoms. The van der Waals surface area contributed by atoms with Crippen LogP contribution in [0.15, 0.2) is 29.2 Å². The number of hydrogen-bond acceptors (Lipinski definition) is 4. The molecule has 1 fully saturated rings. The number of nitrogens with zero attached hydrogens (tertiary/aromatic N) is 1. The number of nitrogens with one attached hydrogen (secondary N) is 2. The maximum absolute atomic E-state index is 11.8. The van der Waals surface area contributed by atoms with Crippen molar-refractivity contribution in [1.29, 1.82) is 0 Å². The fraction of sp³-hybridized carbons (Fsp3) is 0.538. The molecule has 106 valence electrons. The van der Waals surface area contributed by atoms with Gasteiger partial charge in [0.2, 0.25) is 10.0 Å². The normalized spacial score (nSPS) is 17.3. The van der Waals surface area contributed by atoms with Crippen molar-refractivity contribution in [2.45, 2.75) is 31.1 Å². The lowest BCUT2D eigenvalue weighted by molar-refractivity contribution is 0.273. The van der Waals surface area contributed by atoms with Crippen molar-refractivity contribution in [3.8, 4) is 0 Å². The average Bonchev–Trinajstić information content (AvgIpc) is 2.40. The molecule has 5 nitrogen and oxygen atoms in total. The second kappa shape index (κ2) is 6.36. The summed E-state index contributed by atoms with van der Waals surface area (Å²) in [7, 11) is -3.35. The van der Waals surface area contributed by atoms with Gasteiger partial charge in [-0.05, 0) is 37.1 Å². The molecular formula is C13H21N3O2S. The number of sulfonamides is 1. The molecule has 0 atom stereocenters. The molecule has 0 aliphatic carbocycles. The van der Waals surface area contributed by atoms with Gasteiger partial charge in [-0.3, -0.25) is 0 Å². The molecule has 2 rings (SSSR count). The van der Waals surface area contributed by atoms with Gasteiger partial charge < -0.3 is 5.43 Å². The van der Waals surface area contributed by atoms with E-state index in [0.29, 0.717) is 11.4 Å². The number of anilines is 1. The molecule has 0 aromatic heterocycles. The van der Waals surface area contributed by atoms with Gasteiger partial charge in [-0.25, -0.2) is 18.1 Å². The van der Waals surface area contributed by atoms with E-state index < -0.39 is 10.0 Å². The van der Waals surface area contributed by atoms with Gasteiger partial charge in [0, 0.05) is 25.3 Å². The van der Waals surface area contributed by atoms with Gasteiger partial charge in [-0.1, -0.05) is 13.3 Å². The van der Waals surface area contributed by atoms with Crippen molar-refractivity contribution in [1.82, 2.24) is 9.73 Å². The van der Waals surface area contributed by atoms with Gasteiger partial charge in [-0.15, -0.1) is 0 Å². The highest BCUT2D eigenvalue weighted by Gasteiger charge is 2.13. The Labute approximate surface area is 115 Å². The van der Waals surface area contributed by atoms with Crippen LogP contribution in [0.25, 0.3) is 0 Å². The monoisotopic (exact) mass is 283 g/mol. The highest BCUT2D eigenvalue weighted by Crippen LogP contribution is 2.16. The first-order valence-electron chi connectivity index (χ1n) is 6.73. The summed E-state index contributed by atoms with van der Waals surface area (Å²) >= 11 is 0. The Bertz CT molecular complexity index is 493. The summed E-state index contributed by atoms with van der Waals surface area (Å²) in [6, 6.07) is 6.87. The van der Waals surface area contributed by atoms with E-state index in [1.54, 1.807) is 31.2 Å². The summed E-state index contributed by atoms with van der Waals surface area (Å²) in [6.45, 7) is 4.24. The molecule has 1 aliphatic heterocycles. The summed E-state index contributed by atoms with van der Waals surface area (Å²) in [6.07, 6.45) is 3.71. The molecule has 19 heavy (non-hydrogen) atoms. The second-order valence-corrected chi connectivity index (χ2v) is 6.45. The second-order valence-electron chi connectivity index (χ2n) is 4.69. The molecular weight excluding hydrogens is 262 g/mol. The van der Waals surface area contributed by atoms with Crippen LogP contribution in [-0.2, 0) is 10.0 Å². The number of piperidine rings is 1. The summed E-state index contributed by atoms with van der Waals surface area (Å²) in [5.74, 6) is 0. The topological polar surface area (TPSA) is 61.4 Å². The third kappa shape index (κ3) is 3.92. The van der Waals surface area contributed by atoms with Gasteiger partial charge in [-0.2, -0.15) is 0 Å². The fourth-order valence-electron chi connectivity index (χ4n) is 2.17. The first-order chi connectivity index (χ1) is 9.12. The summed E-state index contributed by atoms with van der Waals surface area (Å²) in [5.41, 5.74) is 4.24. The lowest BCUT2D eigenvalue weighted by atomic mass is 10.2. The van der Waals surface area contributed by atoms with Crippen molar-refractivity contribution in [2.75, 3.05) is 25.1 Å². The third-order valence-electron chi connectivity index (χ3n) is 3.14. The van der Waals surface area contributed by atoms with Gasteiger partial charge >= 0.3 is 0 Å². The zero-order valence-corrected chi connectivity index (χ0v) is 12.0. The van der Waals surface area contributed by atoms with Crippen LogP contribution < -0.4 is 10.1 Å². The Balaban J connectivity index is 2.01. The van der Waals surface area contributed by atoms with Gasteiger partial charge in [0.1, 0.15) is 0 Å². The minimum atomic E-state index is -3.35. The zero-order valence-electron chi connectivity index (χ0n) is 11.2. The molecule has 0 unspecified atom stereocenters. The molecule has 1 heterocycles. The van der Waals surface area contributed by atoms with E-state index in [4.69, 9.17) is 0 Å². The Morgan fingerprint density at radius 3 is 2.32 bits per heavy atom. The molecule has 1 aromatic rings. The molecule has 0 spiro atoms. The number of hydrazine groups is 1. The highest BCUT2D eigenvalue weighted by atomic mass is 32.2. The third-order valence-corrected chi connectivity index (χ3v) is 4.70. The molecule has 0 amide bonds. The summed E-state index contributed by atoms with van der Waals surface area (Å²) in [5, 5.41) is 2.18. The first-order valence-corrected chi connectivity index (χ1v) is 8.21. The minimum Gasteiger partial charge on any atom is -0.319 e. The maximum atomic E-state index is 11.8. The predicted molar refractivity (Wildman–Crippen MR) is 76.4 cm³/mol. The van der Waals surface area contributed by atoms with E-state index in [1.165, 1.54) is 19.3 Å². The van der Waals surface area contributed by atoms with Gasteiger partial charge in [0.05, 0.1) is 4.90 Å². The predicted octanol–water partition coefficient (Wildman–Crippen LogP) is 1.80. The lowest BCUT2D eigenvalue weighted by Crippen LogP contribution is -2.34. The smallest absolute Gasteiger partial charge is 0.240 e. The lowest BCUT2D eigenvalue weighted by Gasteiger charge is -2.27. The quantitative estimate of drug-likeness (QED) is 0.865. The fourth-order valence-corrected chi connectivity index (χ4v) is 3.21. The van der Waals surface area contributed by atoms with E-state index in [-0.39, 0.29) is 0 Å². The van der Waals surface area contributed by atoms with Crippen molar-refractivity contribution < 1.29 is 8.42 Å². The van der Waals surface area contributed by atoms with Crippen LogP contribution in [0.5, 0.6) is 0 Å². The van der Waals surface area contributed by atoms with E-state index in [1.807, 2.05) is 0 Å². The number of rotatable bonds is 5. The van der Waals surface area contributed by atoms with Crippen molar-refractivity contribution >= 4 is 15.7 Å². The first kappa shape index (κ1) is 14.3. The van der Waals surface area contributed by atoms with Crippen molar-refractivity contribution in [3.63, 3.8) is 0 Å². The molecule has 1 aliphatic rings. The SMILES string of the molecule is CCNS(=O)(=O)c1ccc(NN2CCCCC2)cc1. The molecule has 0 saturated carbocycles. The average molecular weight is 283 g/mol. The molecule has 1 saturated heterocycles. The standard InChI is InChI=1S/C13H21N3O2S/c1-2-14-19(17,18)13-8-6-12(7-9-13)15-16-10-4-3-5-11-16/h6-9,14-15H,2-5,10-11H2,1H3. The van der Waals surface area contributed by atoms with Crippen LogP contribution in [0, 0.1) is 0 Å². The van der Waals surface area contributed by atoms with Gasteiger partial charge in [0.25, 0.3) is 0 Å². The molecule has 1 aromatic carbocycles. The Hall–Kier alpha value is -1.11. The Morgan fingerprint density at radius 1 is 1.11 bits per heavy atom. The van der Waals surface area contributed by atoms with Crippen LogP contribution in [0.4, 0.5) is 5.69 Å². The minimum absolute atomic E-state index is 0.304. The largest absolute Gasteiger partial charge is 0.319 e. The highest BCUT2D eigenvalue weighted by molar-refractivity contribution is 7.89. The van der Waals surface area contributed by atoms with E-state index >= 15 is 0 Å². The summed E-state index contributed by atoms with van der Waals surface area (Å²) in [4.78, 5) is 0.304. The van der Waals surface area contributed by atoms with Crippen molar-refractivity contribution in [2.24, 2.45) is 0 Å². The van der Waals surface area contributed by atoms with Crippen LogP contribution >= 0.6 is 0 Å². The molecule has 2 N–H and O–H groups in total. The molecule has 0 radical (unpaired) electrons. The number of hydrogen-bond donors (Lipinski definition) is 2. The van der Waals surface area contributed by atoms with Crippen LogP contribution in [-0.4, -0.2) is 33.1 Å². The van der Waals surface area contributed by atoms with Crippen LogP contribution in [0.3, 0.4) is 0 Å².